The predicted octanol–water partition coefficient (Wildman–Crippen LogP) is 8.29. The second-order valence-electron chi connectivity index (χ2n) is 16.9. The number of rotatable bonds is 21. The molecule has 0 bridgehead atoms. The van der Waals surface area contributed by atoms with Gasteiger partial charge < -0.3 is 28.2 Å². The summed E-state index contributed by atoms with van der Waals surface area (Å²) in [5, 5.41) is 24.2. The van der Waals surface area contributed by atoms with E-state index in [1.165, 1.54) is 0 Å². The molecule has 2 amide bonds. The second kappa shape index (κ2) is 21.8. The molecule has 6 rings (SSSR count). The number of nitrogens with zero attached hydrogens (tertiary/aromatic N) is 6. The van der Waals surface area contributed by atoms with Gasteiger partial charge in [-0.15, -0.1) is 0 Å². The number of quaternary nitrogens is 2. The fraction of sp³-hybridized carbons (Fsp3) is 0.458. The Morgan fingerprint density at radius 2 is 0.855 bits per heavy atom. The van der Waals surface area contributed by atoms with Crippen molar-refractivity contribution in [1.29, 1.82) is 0 Å². The zero-order valence-corrected chi connectivity index (χ0v) is 36.3. The third kappa shape index (κ3) is 11.5. The molecule has 2 heterocycles. The van der Waals surface area contributed by atoms with Crippen molar-refractivity contribution in [3.05, 3.63) is 140 Å². The normalized spacial score (nSPS) is 15.8. The van der Waals surface area contributed by atoms with Gasteiger partial charge >= 0.3 is 0 Å². The summed E-state index contributed by atoms with van der Waals surface area (Å²) in [5.74, 6) is 1.08. The summed E-state index contributed by atoms with van der Waals surface area (Å²) in [5.41, 5.74) is 2.69. The van der Waals surface area contributed by atoms with E-state index in [-0.39, 0.29) is 33.0 Å². The molecule has 62 heavy (non-hydrogen) atoms. The van der Waals surface area contributed by atoms with E-state index < -0.39 is 0 Å². The fourth-order valence-electron chi connectivity index (χ4n) is 9.41. The van der Waals surface area contributed by atoms with Crippen molar-refractivity contribution in [1.82, 2.24) is 9.80 Å². The topological polar surface area (TPSA) is 145 Å². The van der Waals surface area contributed by atoms with Gasteiger partial charge in [0, 0.05) is 23.3 Å². The van der Waals surface area contributed by atoms with Gasteiger partial charge in [-0.3, -0.25) is 29.8 Å². The van der Waals surface area contributed by atoms with Crippen molar-refractivity contribution >= 4 is 23.2 Å². The average molecular weight is 851 g/mol. The van der Waals surface area contributed by atoms with Crippen molar-refractivity contribution in [3.63, 3.8) is 0 Å². The van der Waals surface area contributed by atoms with Crippen LogP contribution in [0.2, 0.25) is 0 Å². The van der Waals surface area contributed by atoms with Crippen molar-refractivity contribution in [3.8, 4) is 11.5 Å². The molecule has 0 radical (unpaired) electrons. The number of unbranched alkanes of at least 4 members (excludes halogenated alkanes) is 7. The summed E-state index contributed by atoms with van der Waals surface area (Å²) in [6.45, 7) is 7.82. The van der Waals surface area contributed by atoms with E-state index in [2.05, 4.69) is 0 Å². The van der Waals surface area contributed by atoms with Gasteiger partial charge in [0.2, 0.25) is 0 Å². The Labute approximate surface area is 365 Å². The lowest BCUT2D eigenvalue weighted by atomic mass is 10.0. The van der Waals surface area contributed by atoms with E-state index in [1.54, 1.807) is 50.6 Å². The average Bonchev–Trinajstić information content (AvgIpc) is 3.30. The highest BCUT2D eigenvalue weighted by atomic mass is 16.6. The van der Waals surface area contributed by atoms with Crippen LogP contribution in [0.15, 0.2) is 97.1 Å². The summed E-state index contributed by atoms with van der Waals surface area (Å²) in [7, 11) is 3.10. The van der Waals surface area contributed by atoms with Crippen LogP contribution in [0.4, 0.5) is 11.4 Å². The lowest BCUT2D eigenvalue weighted by molar-refractivity contribution is -0.944. The number of carbonyl (C=O) groups is 2. The minimum Gasteiger partial charge on any atom is -0.496 e. The zero-order chi connectivity index (χ0) is 44.0. The molecule has 14 nitrogen and oxygen atoms in total. The van der Waals surface area contributed by atoms with Gasteiger partial charge in [0.25, 0.3) is 23.2 Å². The van der Waals surface area contributed by atoms with Crippen LogP contribution < -0.4 is 9.47 Å². The van der Waals surface area contributed by atoms with Crippen LogP contribution in [0.5, 0.6) is 11.5 Å². The third-order valence-electron chi connectivity index (χ3n) is 13.0. The standard InChI is InChI=1S/C48H62N6O8/c1-61-45-25-17-23-43(51(57)58)41(45)37-53(33-27-49(28-34-53)47(55)39-19-11-9-12-20-39)31-15-7-5-3-4-6-8-16-32-54(38-42-44(52(59)60)24-18-26-46(42)62-2)35-29-50(30-36-54)48(56)40-21-13-10-14-22-40/h9-14,17-26H,3-8,15-16,27-38H2,1-2H3/q+2. The summed E-state index contributed by atoms with van der Waals surface area (Å²) < 4.78 is 12.6. The highest BCUT2D eigenvalue weighted by Crippen LogP contribution is 2.35. The summed E-state index contributed by atoms with van der Waals surface area (Å²) in [4.78, 5) is 54.0. The third-order valence-corrected chi connectivity index (χ3v) is 13.0. The van der Waals surface area contributed by atoms with E-state index in [0.29, 0.717) is 108 Å². The van der Waals surface area contributed by atoms with Crippen LogP contribution >= 0.6 is 0 Å². The molecule has 4 aromatic carbocycles. The second-order valence-corrected chi connectivity index (χ2v) is 16.9. The van der Waals surface area contributed by atoms with Crippen molar-refractivity contribution in [2.75, 3.05) is 79.7 Å². The Hall–Kier alpha value is -5.86. The van der Waals surface area contributed by atoms with Crippen LogP contribution in [-0.4, -0.2) is 120 Å². The summed E-state index contributed by atoms with van der Waals surface area (Å²) in [6, 6.07) is 28.7. The SMILES string of the molecule is COc1cccc([N+](=O)[O-])c1C[N+]1(CCCCCCCCCC[N+]2(Cc3c(OC)cccc3[N+](=O)[O-])CCN(C(=O)c3ccccc3)CC2)CCN(C(=O)c2ccccc2)CC1. The molecule has 0 atom stereocenters. The molecule has 2 aliphatic rings. The smallest absolute Gasteiger partial charge is 0.282 e. The van der Waals surface area contributed by atoms with Crippen molar-refractivity contribution in [2.24, 2.45) is 0 Å². The van der Waals surface area contributed by atoms with Gasteiger partial charge in [-0.1, -0.05) is 74.2 Å². The number of benzene rings is 4. The number of ether oxygens (including phenoxy) is 2. The first kappa shape index (κ1) is 45.7. The summed E-state index contributed by atoms with van der Waals surface area (Å²) >= 11 is 0. The number of nitro groups is 2. The molecule has 2 saturated heterocycles. The highest BCUT2D eigenvalue weighted by Gasteiger charge is 2.39. The first-order valence-corrected chi connectivity index (χ1v) is 22.1. The monoisotopic (exact) mass is 850 g/mol. The first-order chi connectivity index (χ1) is 30.1. The Morgan fingerprint density at radius 1 is 0.516 bits per heavy atom. The van der Waals surface area contributed by atoms with Gasteiger partial charge in [-0.05, 0) is 62.1 Å². The maximum Gasteiger partial charge on any atom is 0.282 e. The fourth-order valence-corrected chi connectivity index (χ4v) is 9.41. The predicted molar refractivity (Wildman–Crippen MR) is 238 cm³/mol. The lowest BCUT2D eigenvalue weighted by Gasteiger charge is -2.45. The molecular weight excluding hydrogens is 789 g/mol. The Morgan fingerprint density at radius 3 is 1.18 bits per heavy atom. The van der Waals surface area contributed by atoms with Crippen LogP contribution in [-0.2, 0) is 13.1 Å². The van der Waals surface area contributed by atoms with Gasteiger partial charge in [0.15, 0.2) is 0 Å². The Balaban J connectivity index is 1.01. The number of hydrogen-bond acceptors (Lipinski definition) is 8. The van der Waals surface area contributed by atoms with E-state index in [0.717, 1.165) is 64.5 Å². The molecule has 0 N–H and O–H groups in total. The molecule has 0 spiro atoms. The molecule has 0 saturated carbocycles. The van der Waals surface area contributed by atoms with Gasteiger partial charge in [-0.25, -0.2) is 0 Å². The van der Waals surface area contributed by atoms with Crippen LogP contribution in [0.1, 0.15) is 83.2 Å². The van der Waals surface area contributed by atoms with Crippen LogP contribution in [0, 0.1) is 20.2 Å². The minimum absolute atomic E-state index is 0.0156. The number of carbonyl (C=O) groups excluding carboxylic acids is 2. The molecule has 4 aromatic rings. The number of amides is 2. The van der Waals surface area contributed by atoms with Crippen molar-refractivity contribution in [2.45, 2.75) is 64.5 Å². The first-order valence-electron chi connectivity index (χ1n) is 22.1. The number of methoxy groups -OCH3 is 2. The van der Waals surface area contributed by atoms with E-state index in [4.69, 9.17) is 9.47 Å². The van der Waals surface area contributed by atoms with Gasteiger partial charge in [-0.2, -0.15) is 0 Å². The number of piperazine rings is 2. The van der Waals surface area contributed by atoms with Crippen LogP contribution in [0.3, 0.4) is 0 Å². The minimum atomic E-state index is -0.327. The number of nitro benzene ring substituents is 2. The molecule has 0 aromatic heterocycles. The molecule has 14 heteroatoms. The highest BCUT2D eigenvalue weighted by molar-refractivity contribution is 5.94. The quantitative estimate of drug-likeness (QED) is 0.0353. The number of hydrogen-bond donors (Lipinski definition) is 0. The molecule has 0 aliphatic carbocycles. The Bertz CT molecular complexity index is 1970. The van der Waals surface area contributed by atoms with Gasteiger partial charge in [0.05, 0.1) is 89.5 Å². The summed E-state index contributed by atoms with van der Waals surface area (Å²) in [6.07, 6.45) is 8.48. The molecule has 0 unspecified atom stereocenters. The maximum absolute atomic E-state index is 13.3. The van der Waals surface area contributed by atoms with E-state index in [9.17, 15) is 29.8 Å². The lowest BCUT2D eigenvalue weighted by Crippen LogP contribution is -2.60. The molecular formula is C48H62N6O8+2. The van der Waals surface area contributed by atoms with E-state index in [1.807, 2.05) is 70.5 Å². The van der Waals surface area contributed by atoms with Crippen molar-refractivity contribution < 1.29 is 37.9 Å². The zero-order valence-electron chi connectivity index (χ0n) is 36.3. The van der Waals surface area contributed by atoms with E-state index >= 15 is 0 Å². The molecule has 330 valence electrons. The largest absolute Gasteiger partial charge is 0.496 e. The maximum atomic E-state index is 13.3. The molecule has 2 aliphatic heterocycles. The molecule has 2 fully saturated rings. The van der Waals surface area contributed by atoms with Gasteiger partial charge in [0.1, 0.15) is 35.7 Å². The Kier molecular flexibility index (Phi) is 16.0. The van der Waals surface area contributed by atoms with Crippen LogP contribution in [0.25, 0.3) is 0 Å².